The molecular formula is C24H24O4. The van der Waals surface area contributed by atoms with Crippen LogP contribution in [0.15, 0.2) is 84.9 Å². The number of ether oxygens (including phenoxy) is 4. The molecular weight excluding hydrogens is 352 g/mol. The van der Waals surface area contributed by atoms with Gasteiger partial charge in [-0.1, -0.05) is 72.8 Å². The van der Waals surface area contributed by atoms with E-state index < -0.39 is 0 Å². The second-order valence-corrected chi connectivity index (χ2v) is 6.76. The fourth-order valence-electron chi connectivity index (χ4n) is 3.14. The molecule has 1 heterocycles. The summed E-state index contributed by atoms with van der Waals surface area (Å²) < 4.78 is 24.1. The van der Waals surface area contributed by atoms with Crippen molar-refractivity contribution >= 4 is 0 Å². The first-order valence-corrected chi connectivity index (χ1v) is 9.54. The first kappa shape index (κ1) is 18.5. The van der Waals surface area contributed by atoms with Gasteiger partial charge in [0.25, 0.3) is 0 Å². The van der Waals surface area contributed by atoms with E-state index >= 15 is 0 Å². The molecule has 0 fully saturated rings. The van der Waals surface area contributed by atoms with Crippen molar-refractivity contribution in [3.63, 3.8) is 0 Å². The molecule has 0 saturated carbocycles. The van der Waals surface area contributed by atoms with E-state index in [9.17, 15) is 0 Å². The van der Waals surface area contributed by atoms with Gasteiger partial charge in [0.1, 0.15) is 0 Å². The van der Waals surface area contributed by atoms with Gasteiger partial charge in [-0.25, -0.2) is 0 Å². The van der Waals surface area contributed by atoms with Crippen LogP contribution < -0.4 is 9.47 Å². The zero-order chi connectivity index (χ0) is 19.0. The molecule has 2 atom stereocenters. The summed E-state index contributed by atoms with van der Waals surface area (Å²) in [5.41, 5.74) is 2.27. The van der Waals surface area contributed by atoms with E-state index in [4.69, 9.17) is 18.9 Å². The van der Waals surface area contributed by atoms with E-state index in [1.165, 1.54) is 0 Å². The molecule has 0 aliphatic carbocycles. The average Bonchev–Trinajstić information content (AvgIpc) is 2.75. The highest BCUT2D eigenvalue weighted by atomic mass is 16.6. The Balaban J connectivity index is 1.36. The first-order chi connectivity index (χ1) is 13.9. The van der Waals surface area contributed by atoms with Crippen LogP contribution in [0.4, 0.5) is 0 Å². The highest BCUT2D eigenvalue weighted by Gasteiger charge is 2.32. The topological polar surface area (TPSA) is 36.9 Å². The SMILES string of the molecule is c1ccc(COCC2Oc3ccccc3O[C@@H]2COCc2ccccc2)cc1. The molecule has 144 valence electrons. The number of fused-ring (bicyclic) bond motifs is 1. The van der Waals surface area contributed by atoms with Crippen molar-refractivity contribution in [3.05, 3.63) is 96.1 Å². The predicted molar refractivity (Wildman–Crippen MR) is 107 cm³/mol. The highest BCUT2D eigenvalue weighted by molar-refractivity contribution is 5.41. The average molecular weight is 376 g/mol. The fourth-order valence-corrected chi connectivity index (χ4v) is 3.14. The maximum Gasteiger partial charge on any atom is 0.161 e. The van der Waals surface area contributed by atoms with Crippen LogP contribution in [0, 0.1) is 0 Å². The van der Waals surface area contributed by atoms with Crippen molar-refractivity contribution in [1.82, 2.24) is 0 Å². The lowest BCUT2D eigenvalue weighted by Crippen LogP contribution is -2.45. The van der Waals surface area contributed by atoms with Crippen LogP contribution in [0.25, 0.3) is 0 Å². The molecule has 4 rings (SSSR count). The Morgan fingerprint density at radius 2 is 0.929 bits per heavy atom. The quantitative estimate of drug-likeness (QED) is 0.574. The lowest BCUT2D eigenvalue weighted by atomic mass is 10.1. The Bertz CT molecular complexity index is 778. The lowest BCUT2D eigenvalue weighted by molar-refractivity contribution is -0.0714. The number of benzene rings is 3. The number of rotatable bonds is 8. The van der Waals surface area contributed by atoms with E-state index in [0.29, 0.717) is 26.4 Å². The van der Waals surface area contributed by atoms with Gasteiger partial charge in [-0.2, -0.15) is 0 Å². The minimum absolute atomic E-state index is 0.227. The molecule has 0 N–H and O–H groups in total. The molecule has 4 nitrogen and oxygen atoms in total. The molecule has 1 aliphatic heterocycles. The third-order valence-electron chi connectivity index (χ3n) is 4.61. The summed E-state index contributed by atoms with van der Waals surface area (Å²) >= 11 is 0. The minimum Gasteiger partial charge on any atom is -0.480 e. The fraction of sp³-hybridized carbons (Fsp3) is 0.250. The third kappa shape index (κ3) is 4.91. The van der Waals surface area contributed by atoms with Gasteiger partial charge in [0.05, 0.1) is 26.4 Å². The first-order valence-electron chi connectivity index (χ1n) is 9.54. The van der Waals surface area contributed by atoms with Crippen LogP contribution in [-0.2, 0) is 22.7 Å². The minimum atomic E-state index is -0.227. The largest absolute Gasteiger partial charge is 0.480 e. The number of hydrogen-bond acceptors (Lipinski definition) is 4. The molecule has 1 aliphatic rings. The molecule has 4 heteroatoms. The Kier molecular flexibility index (Phi) is 6.22. The van der Waals surface area contributed by atoms with Gasteiger partial charge in [-0.05, 0) is 23.3 Å². The number of para-hydroxylation sites is 2. The van der Waals surface area contributed by atoms with Crippen molar-refractivity contribution in [1.29, 1.82) is 0 Å². The molecule has 28 heavy (non-hydrogen) atoms. The summed E-state index contributed by atoms with van der Waals surface area (Å²) in [4.78, 5) is 0. The summed E-state index contributed by atoms with van der Waals surface area (Å²) in [6.45, 7) is 1.95. The highest BCUT2D eigenvalue weighted by Crippen LogP contribution is 2.33. The van der Waals surface area contributed by atoms with Crippen molar-refractivity contribution in [2.75, 3.05) is 13.2 Å². The Hall–Kier alpha value is -2.82. The maximum atomic E-state index is 6.16. The van der Waals surface area contributed by atoms with Gasteiger partial charge in [0.2, 0.25) is 0 Å². The van der Waals surface area contributed by atoms with Gasteiger partial charge in [-0.15, -0.1) is 0 Å². The van der Waals surface area contributed by atoms with Crippen LogP contribution in [0.3, 0.4) is 0 Å². The van der Waals surface area contributed by atoms with Gasteiger partial charge >= 0.3 is 0 Å². The summed E-state index contributed by atoms with van der Waals surface area (Å²) in [6, 6.07) is 27.9. The standard InChI is InChI=1S/C24H24O4/c1-3-9-19(10-4-1)15-25-17-23-24(18-26-16-20-11-5-2-6-12-20)28-22-14-8-7-13-21(22)27-23/h1-14,23-24H,15-18H2/t23-,24?/m1/s1. The van der Waals surface area contributed by atoms with Crippen LogP contribution in [0.5, 0.6) is 11.5 Å². The van der Waals surface area contributed by atoms with E-state index in [2.05, 4.69) is 0 Å². The maximum absolute atomic E-state index is 6.16. The Morgan fingerprint density at radius 1 is 0.536 bits per heavy atom. The van der Waals surface area contributed by atoms with Crippen molar-refractivity contribution in [2.24, 2.45) is 0 Å². The second-order valence-electron chi connectivity index (χ2n) is 6.76. The molecule has 3 aromatic rings. The van der Waals surface area contributed by atoms with E-state index in [1.807, 2.05) is 84.9 Å². The van der Waals surface area contributed by atoms with Gasteiger partial charge in [-0.3, -0.25) is 0 Å². The monoisotopic (exact) mass is 376 g/mol. The summed E-state index contributed by atoms with van der Waals surface area (Å²) in [6.07, 6.45) is -0.455. The van der Waals surface area contributed by atoms with E-state index in [-0.39, 0.29) is 12.2 Å². The summed E-state index contributed by atoms with van der Waals surface area (Å²) in [7, 11) is 0. The molecule has 0 spiro atoms. The third-order valence-corrected chi connectivity index (χ3v) is 4.61. The zero-order valence-corrected chi connectivity index (χ0v) is 15.7. The van der Waals surface area contributed by atoms with Crippen molar-refractivity contribution in [2.45, 2.75) is 25.4 Å². The summed E-state index contributed by atoms with van der Waals surface area (Å²) in [5, 5.41) is 0. The molecule has 0 radical (unpaired) electrons. The van der Waals surface area contributed by atoms with Crippen LogP contribution in [-0.4, -0.2) is 25.4 Å². The molecule has 0 bridgehead atoms. The Labute approximate surface area is 165 Å². The van der Waals surface area contributed by atoms with Crippen LogP contribution in [0.1, 0.15) is 11.1 Å². The van der Waals surface area contributed by atoms with Gasteiger partial charge < -0.3 is 18.9 Å². The summed E-state index contributed by atoms with van der Waals surface area (Å²) in [5.74, 6) is 1.49. The predicted octanol–water partition coefficient (Wildman–Crippen LogP) is 4.63. The molecule has 3 aromatic carbocycles. The van der Waals surface area contributed by atoms with Crippen molar-refractivity contribution in [3.8, 4) is 11.5 Å². The van der Waals surface area contributed by atoms with Crippen LogP contribution in [0.2, 0.25) is 0 Å². The molecule has 0 saturated heterocycles. The zero-order valence-electron chi connectivity index (χ0n) is 15.7. The van der Waals surface area contributed by atoms with Gasteiger partial charge in [0.15, 0.2) is 23.7 Å². The lowest BCUT2D eigenvalue weighted by Gasteiger charge is -2.33. The van der Waals surface area contributed by atoms with E-state index in [0.717, 1.165) is 22.6 Å². The normalized spacial score (nSPS) is 18.0. The van der Waals surface area contributed by atoms with Crippen molar-refractivity contribution < 1.29 is 18.9 Å². The molecule has 0 aromatic heterocycles. The second kappa shape index (κ2) is 9.40. The Morgan fingerprint density at radius 3 is 1.36 bits per heavy atom. The van der Waals surface area contributed by atoms with Gasteiger partial charge in [0, 0.05) is 0 Å². The van der Waals surface area contributed by atoms with E-state index in [1.54, 1.807) is 0 Å². The molecule has 1 unspecified atom stereocenters. The van der Waals surface area contributed by atoms with Crippen LogP contribution >= 0.6 is 0 Å². The molecule has 0 amide bonds. The number of hydrogen-bond donors (Lipinski definition) is 0. The smallest absolute Gasteiger partial charge is 0.161 e.